The first-order valence-corrected chi connectivity index (χ1v) is 7.33. The van der Waals surface area contributed by atoms with E-state index in [1.165, 1.54) is 21.8 Å². The van der Waals surface area contributed by atoms with Gasteiger partial charge in [0.1, 0.15) is 5.69 Å². The topological polar surface area (TPSA) is 55.2 Å². The molecule has 0 spiro atoms. The molecule has 2 aromatic rings. The van der Waals surface area contributed by atoms with Crippen LogP contribution >= 0.6 is 25.1 Å². The largest absolute Gasteiger partial charge is 0.417 e. The normalized spacial score (nSPS) is 17.1. The minimum Gasteiger partial charge on any atom is -0.305 e. The van der Waals surface area contributed by atoms with Crippen molar-refractivity contribution in [2.24, 2.45) is 0 Å². The number of anilines is 1. The Morgan fingerprint density at radius 1 is 1.36 bits per heavy atom. The molecule has 0 saturated carbocycles. The average molecular weight is 392 g/mol. The number of fused-ring (bicyclic) bond motifs is 1. The Morgan fingerprint density at radius 2 is 2.04 bits per heavy atom. The zero-order valence-corrected chi connectivity index (χ0v) is 14.6. The highest BCUT2D eigenvalue weighted by Gasteiger charge is 2.36. The van der Waals surface area contributed by atoms with Crippen LogP contribution in [0.2, 0.25) is 5.02 Å². The molecule has 0 N–H and O–H groups in total. The van der Waals surface area contributed by atoms with Crippen LogP contribution in [0.4, 0.5) is 18.9 Å². The van der Waals surface area contributed by atoms with Crippen LogP contribution in [-0.2, 0) is 6.18 Å². The molecule has 0 unspecified atom stereocenters. The lowest BCUT2D eigenvalue weighted by Crippen LogP contribution is -2.43. The number of aromatic nitrogens is 2. The maximum atomic E-state index is 12.8. The second-order valence-corrected chi connectivity index (χ2v) is 5.84. The smallest absolute Gasteiger partial charge is 0.305 e. The number of benzene rings is 1. The van der Waals surface area contributed by atoms with Crippen LogP contribution in [0, 0.1) is 0 Å². The van der Waals surface area contributed by atoms with Gasteiger partial charge in [0.25, 0.3) is 5.91 Å². The van der Waals surface area contributed by atoms with E-state index in [0.717, 1.165) is 12.1 Å². The Hall–Kier alpha value is -2.00. The van der Waals surface area contributed by atoms with Crippen molar-refractivity contribution in [2.45, 2.75) is 19.1 Å². The van der Waals surface area contributed by atoms with Gasteiger partial charge in [-0.15, -0.1) is 0 Å². The van der Waals surface area contributed by atoms with Gasteiger partial charge in [-0.25, -0.2) is 0 Å². The summed E-state index contributed by atoms with van der Waals surface area (Å²) < 4.78 is 39.8. The second-order valence-electron chi connectivity index (χ2n) is 5.44. The summed E-state index contributed by atoms with van der Waals surface area (Å²) in [6, 6.07) is 2.88. The lowest BCUT2D eigenvalue weighted by atomic mass is 10.1. The minimum absolute atomic E-state index is 0. The molecule has 10 heteroatoms. The van der Waals surface area contributed by atoms with Crippen molar-refractivity contribution in [3.63, 3.8) is 0 Å². The summed E-state index contributed by atoms with van der Waals surface area (Å²) in [6.07, 6.45) is -2.76. The number of rotatable bonds is 2. The van der Waals surface area contributed by atoms with Crippen LogP contribution in [0.3, 0.4) is 0 Å². The summed E-state index contributed by atoms with van der Waals surface area (Å²) in [6.45, 7) is 1.99. The molecule has 1 amide bonds. The third-order valence-electron chi connectivity index (χ3n) is 3.83. The molecule has 25 heavy (non-hydrogen) atoms. The molecule has 0 bridgehead atoms. The van der Waals surface area contributed by atoms with Gasteiger partial charge in [0.15, 0.2) is 6.29 Å². The van der Waals surface area contributed by atoms with E-state index < -0.39 is 22.7 Å². The van der Waals surface area contributed by atoms with E-state index in [-0.39, 0.29) is 43.0 Å². The van der Waals surface area contributed by atoms with E-state index in [9.17, 15) is 22.8 Å². The maximum absolute atomic E-state index is 12.8. The van der Waals surface area contributed by atoms with Crippen LogP contribution in [-0.4, -0.2) is 28.5 Å². The number of hydrogen-bond acceptors (Lipinski definition) is 3. The second kappa shape index (κ2) is 6.72. The van der Waals surface area contributed by atoms with Gasteiger partial charge in [0.2, 0.25) is 0 Å². The van der Waals surface area contributed by atoms with Crippen LogP contribution in [0.25, 0.3) is 0 Å². The molecule has 1 aromatic carbocycles. The van der Waals surface area contributed by atoms with Crippen LogP contribution in [0.5, 0.6) is 0 Å². The highest BCUT2D eigenvalue weighted by molar-refractivity contribution is 7.59. The van der Waals surface area contributed by atoms with E-state index >= 15 is 0 Å². The quantitative estimate of drug-likeness (QED) is 0.733. The molecule has 134 valence electrons. The molecule has 1 aromatic heterocycles. The van der Waals surface area contributed by atoms with Gasteiger partial charge in [-0.2, -0.15) is 31.8 Å². The molecule has 1 aliphatic rings. The molecular formula is C15H13ClF3N3O2S. The molecule has 3 rings (SSSR count). The number of nitrogens with zero attached hydrogens (tertiary/aromatic N) is 3. The fourth-order valence-electron chi connectivity index (χ4n) is 2.69. The molecule has 0 fully saturated rings. The van der Waals surface area contributed by atoms with Crippen molar-refractivity contribution < 1.29 is 22.8 Å². The SMILES string of the molecule is C[C@H]1CN(c2ccc(C(F)(F)F)c(Cl)c2)C(=O)c2c(C=O)cnn21.S. The fourth-order valence-corrected chi connectivity index (χ4v) is 2.98. The zero-order chi connectivity index (χ0) is 17.6. The summed E-state index contributed by atoms with van der Waals surface area (Å²) in [5, 5.41) is 3.52. The molecule has 1 atom stereocenters. The standard InChI is InChI=1S/C15H11ClF3N3O2.H2S/c1-8-6-21(14(24)13-9(7-23)5-20-22(8)13)10-2-3-11(12(16)4-10)15(17,18)19;/h2-5,7-8H,6H2,1H3;1H2/t8-;/m0./s1. The van der Waals surface area contributed by atoms with Crippen molar-refractivity contribution in [3.05, 3.63) is 46.2 Å². The van der Waals surface area contributed by atoms with E-state index in [4.69, 9.17) is 11.6 Å². The Morgan fingerprint density at radius 3 is 2.60 bits per heavy atom. The van der Waals surface area contributed by atoms with E-state index in [1.807, 2.05) is 0 Å². The number of alkyl halides is 3. The van der Waals surface area contributed by atoms with Crippen molar-refractivity contribution in [1.29, 1.82) is 0 Å². The number of carbonyl (C=O) groups is 2. The van der Waals surface area contributed by atoms with Crippen LogP contribution < -0.4 is 4.90 Å². The first-order valence-electron chi connectivity index (χ1n) is 6.95. The molecule has 0 aliphatic carbocycles. The first-order chi connectivity index (χ1) is 11.2. The van der Waals surface area contributed by atoms with Crippen molar-refractivity contribution in [1.82, 2.24) is 9.78 Å². The minimum atomic E-state index is -4.57. The van der Waals surface area contributed by atoms with Gasteiger partial charge >= 0.3 is 6.18 Å². The van der Waals surface area contributed by atoms with E-state index in [1.54, 1.807) is 6.92 Å². The van der Waals surface area contributed by atoms with Crippen LogP contribution in [0.1, 0.15) is 39.4 Å². The molecule has 0 radical (unpaired) electrons. The molecule has 5 nitrogen and oxygen atoms in total. The lowest BCUT2D eigenvalue weighted by Gasteiger charge is -2.32. The Kier molecular flexibility index (Phi) is 5.19. The summed E-state index contributed by atoms with van der Waals surface area (Å²) >= 11 is 5.72. The monoisotopic (exact) mass is 391 g/mol. The van der Waals surface area contributed by atoms with Crippen molar-refractivity contribution in [3.8, 4) is 0 Å². The highest BCUT2D eigenvalue weighted by Crippen LogP contribution is 2.37. The highest BCUT2D eigenvalue weighted by atomic mass is 35.5. The summed E-state index contributed by atoms with van der Waals surface area (Å²) in [5.41, 5.74) is -0.493. The van der Waals surface area contributed by atoms with Crippen molar-refractivity contribution in [2.75, 3.05) is 11.4 Å². The van der Waals surface area contributed by atoms with Gasteiger partial charge in [0, 0.05) is 12.2 Å². The van der Waals surface area contributed by atoms with E-state index in [0.29, 0.717) is 6.29 Å². The lowest BCUT2D eigenvalue weighted by molar-refractivity contribution is -0.137. The van der Waals surface area contributed by atoms with Crippen LogP contribution in [0.15, 0.2) is 24.4 Å². The van der Waals surface area contributed by atoms with Gasteiger partial charge < -0.3 is 4.90 Å². The number of aldehydes is 1. The maximum Gasteiger partial charge on any atom is 0.417 e. The van der Waals surface area contributed by atoms with Crippen molar-refractivity contribution >= 4 is 43.0 Å². The number of hydrogen-bond donors (Lipinski definition) is 0. The third-order valence-corrected chi connectivity index (χ3v) is 4.15. The molecule has 1 aliphatic heterocycles. The zero-order valence-electron chi connectivity index (χ0n) is 12.8. The third kappa shape index (κ3) is 3.25. The summed E-state index contributed by atoms with van der Waals surface area (Å²) in [5.74, 6) is -0.511. The number of carbonyl (C=O) groups excluding carboxylic acids is 2. The van der Waals surface area contributed by atoms with Gasteiger partial charge in [-0.05, 0) is 25.1 Å². The fraction of sp³-hybridized carbons (Fsp3) is 0.267. The number of halogens is 4. The summed E-state index contributed by atoms with van der Waals surface area (Å²) in [4.78, 5) is 25.0. The van der Waals surface area contributed by atoms with Gasteiger partial charge in [0.05, 0.1) is 28.4 Å². The first kappa shape index (κ1) is 19.3. The molecular weight excluding hydrogens is 379 g/mol. The number of amides is 1. The average Bonchev–Trinajstić information content (AvgIpc) is 2.94. The predicted molar refractivity (Wildman–Crippen MR) is 90.8 cm³/mol. The van der Waals surface area contributed by atoms with E-state index in [2.05, 4.69) is 5.10 Å². The Bertz CT molecular complexity index is 838. The molecule has 2 heterocycles. The Balaban J connectivity index is 0.00000225. The Labute approximate surface area is 152 Å². The molecule has 0 saturated heterocycles. The van der Waals surface area contributed by atoms with Gasteiger partial charge in [-0.3, -0.25) is 14.3 Å². The summed E-state index contributed by atoms with van der Waals surface area (Å²) in [7, 11) is 0. The predicted octanol–water partition coefficient (Wildman–Crippen LogP) is 3.70. The van der Waals surface area contributed by atoms with Gasteiger partial charge in [-0.1, -0.05) is 11.6 Å².